The van der Waals surface area contributed by atoms with Crippen LogP contribution in [0.5, 0.6) is 0 Å². The molecule has 4 heteroatoms. The third kappa shape index (κ3) is 2.44. The number of aryl methyl sites for hydroxylation is 1. The number of rotatable bonds is 1. The molecule has 2 fully saturated rings. The second-order valence-electron chi connectivity index (χ2n) is 5.92. The van der Waals surface area contributed by atoms with E-state index in [-0.39, 0.29) is 17.4 Å². The SMILES string of the molecule is Cc1cc(F)cc(C2CCC3(CC2)CNC(=O)N3)c1. The van der Waals surface area contributed by atoms with Gasteiger partial charge in [-0.2, -0.15) is 0 Å². The molecule has 1 aliphatic carbocycles. The summed E-state index contributed by atoms with van der Waals surface area (Å²) in [6.45, 7) is 2.65. The summed E-state index contributed by atoms with van der Waals surface area (Å²) < 4.78 is 13.5. The zero-order chi connectivity index (χ0) is 13.5. The van der Waals surface area contributed by atoms with E-state index in [2.05, 4.69) is 16.7 Å². The molecule has 19 heavy (non-hydrogen) atoms. The summed E-state index contributed by atoms with van der Waals surface area (Å²) in [5, 5.41) is 5.88. The molecule has 2 aliphatic rings. The topological polar surface area (TPSA) is 41.1 Å². The Balaban J connectivity index is 1.71. The Morgan fingerprint density at radius 2 is 2.00 bits per heavy atom. The van der Waals surface area contributed by atoms with Crippen LogP contribution in [0.3, 0.4) is 0 Å². The molecule has 102 valence electrons. The van der Waals surface area contributed by atoms with Crippen LogP contribution in [0.4, 0.5) is 9.18 Å². The maximum absolute atomic E-state index is 13.5. The minimum atomic E-state index is -0.147. The Hall–Kier alpha value is -1.58. The van der Waals surface area contributed by atoms with Crippen molar-refractivity contribution in [3.8, 4) is 0 Å². The molecule has 1 spiro atoms. The van der Waals surface area contributed by atoms with Gasteiger partial charge in [0.25, 0.3) is 0 Å². The van der Waals surface area contributed by atoms with Gasteiger partial charge in [-0.25, -0.2) is 9.18 Å². The highest BCUT2D eigenvalue weighted by molar-refractivity contribution is 5.77. The van der Waals surface area contributed by atoms with Gasteiger partial charge < -0.3 is 10.6 Å². The zero-order valence-corrected chi connectivity index (χ0v) is 11.1. The molecule has 1 aliphatic heterocycles. The van der Waals surface area contributed by atoms with E-state index in [1.54, 1.807) is 12.1 Å². The molecular weight excluding hydrogens is 243 g/mol. The number of urea groups is 1. The molecule has 1 saturated heterocycles. The fourth-order valence-corrected chi connectivity index (χ4v) is 3.38. The molecule has 3 rings (SSSR count). The van der Waals surface area contributed by atoms with E-state index < -0.39 is 0 Å². The summed E-state index contributed by atoms with van der Waals surface area (Å²) in [4.78, 5) is 11.3. The first-order valence-corrected chi connectivity index (χ1v) is 6.89. The largest absolute Gasteiger partial charge is 0.336 e. The van der Waals surface area contributed by atoms with Crippen molar-refractivity contribution >= 4 is 6.03 Å². The number of amides is 2. The van der Waals surface area contributed by atoms with E-state index >= 15 is 0 Å². The van der Waals surface area contributed by atoms with Crippen molar-refractivity contribution in [2.75, 3.05) is 6.54 Å². The number of carbonyl (C=O) groups excluding carboxylic acids is 1. The highest BCUT2D eigenvalue weighted by Gasteiger charge is 2.40. The molecule has 2 amide bonds. The van der Waals surface area contributed by atoms with E-state index in [9.17, 15) is 9.18 Å². The summed E-state index contributed by atoms with van der Waals surface area (Å²) in [5.41, 5.74) is 2.02. The van der Waals surface area contributed by atoms with Crippen LogP contribution in [0.15, 0.2) is 18.2 Å². The number of carbonyl (C=O) groups is 1. The summed E-state index contributed by atoms with van der Waals surface area (Å²) >= 11 is 0. The standard InChI is InChI=1S/C15H19FN2O/c1-10-6-12(8-13(16)7-10)11-2-4-15(5-3-11)9-17-14(19)18-15/h6-8,11H,2-5,9H2,1H3,(H2,17,18,19). The lowest BCUT2D eigenvalue weighted by atomic mass is 9.74. The molecule has 3 nitrogen and oxygen atoms in total. The highest BCUT2D eigenvalue weighted by atomic mass is 19.1. The van der Waals surface area contributed by atoms with Crippen LogP contribution in [0, 0.1) is 12.7 Å². The first kappa shape index (κ1) is 12.5. The molecule has 1 aromatic rings. The number of hydrogen-bond acceptors (Lipinski definition) is 1. The van der Waals surface area contributed by atoms with E-state index in [1.807, 2.05) is 6.92 Å². The molecule has 0 aromatic heterocycles. The van der Waals surface area contributed by atoms with Crippen LogP contribution in [-0.4, -0.2) is 18.1 Å². The number of nitrogens with one attached hydrogen (secondary N) is 2. The zero-order valence-electron chi connectivity index (χ0n) is 11.1. The Morgan fingerprint density at radius 1 is 1.26 bits per heavy atom. The summed E-state index contributed by atoms with van der Waals surface area (Å²) in [7, 11) is 0. The van der Waals surface area contributed by atoms with Gasteiger partial charge >= 0.3 is 6.03 Å². The minimum absolute atomic E-state index is 0.0555. The van der Waals surface area contributed by atoms with Gasteiger partial charge in [-0.1, -0.05) is 6.07 Å². The lowest BCUT2D eigenvalue weighted by molar-refractivity contribution is 0.231. The van der Waals surface area contributed by atoms with Crippen molar-refractivity contribution in [2.24, 2.45) is 0 Å². The third-order valence-electron chi connectivity index (χ3n) is 4.44. The van der Waals surface area contributed by atoms with Crippen LogP contribution in [0.2, 0.25) is 0 Å². The average molecular weight is 262 g/mol. The molecule has 2 N–H and O–H groups in total. The van der Waals surface area contributed by atoms with Crippen LogP contribution in [0.1, 0.15) is 42.7 Å². The van der Waals surface area contributed by atoms with Crippen molar-refractivity contribution in [1.29, 1.82) is 0 Å². The fraction of sp³-hybridized carbons (Fsp3) is 0.533. The summed E-state index contributed by atoms with van der Waals surface area (Å²) in [5.74, 6) is 0.267. The van der Waals surface area contributed by atoms with Crippen molar-refractivity contribution in [1.82, 2.24) is 10.6 Å². The van der Waals surface area contributed by atoms with Crippen LogP contribution in [-0.2, 0) is 0 Å². The lowest BCUT2D eigenvalue weighted by Gasteiger charge is -2.36. The van der Waals surface area contributed by atoms with Crippen LogP contribution >= 0.6 is 0 Å². The monoisotopic (exact) mass is 262 g/mol. The second-order valence-corrected chi connectivity index (χ2v) is 5.92. The van der Waals surface area contributed by atoms with E-state index in [1.165, 1.54) is 0 Å². The minimum Gasteiger partial charge on any atom is -0.336 e. The quantitative estimate of drug-likeness (QED) is 0.803. The lowest BCUT2D eigenvalue weighted by Crippen LogP contribution is -2.46. The van der Waals surface area contributed by atoms with Crippen LogP contribution < -0.4 is 10.6 Å². The van der Waals surface area contributed by atoms with E-state index in [0.29, 0.717) is 5.92 Å². The van der Waals surface area contributed by atoms with Gasteiger partial charge in [0, 0.05) is 6.54 Å². The average Bonchev–Trinajstić information content (AvgIpc) is 2.70. The molecular formula is C15H19FN2O. The number of hydrogen-bond donors (Lipinski definition) is 2. The molecule has 1 heterocycles. The smallest absolute Gasteiger partial charge is 0.315 e. The predicted octanol–water partition coefficient (Wildman–Crippen LogP) is 2.84. The summed E-state index contributed by atoms with van der Waals surface area (Å²) in [6, 6.07) is 5.24. The second kappa shape index (κ2) is 4.51. The van der Waals surface area contributed by atoms with Gasteiger partial charge in [0.2, 0.25) is 0 Å². The van der Waals surface area contributed by atoms with Gasteiger partial charge in [-0.3, -0.25) is 0 Å². The first-order valence-electron chi connectivity index (χ1n) is 6.89. The first-order chi connectivity index (χ1) is 9.06. The van der Waals surface area contributed by atoms with Gasteiger partial charge in [0.1, 0.15) is 5.82 Å². The molecule has 0 radical (unpaired) electrons. The summed E-state index contributed by atoms with van der Waals surface area (Å²) in [6.07, 6.45) is 3.94. The van der Waals surface area contributed by atoms with Crippen molar-refractivity contribution < 1.29 is 9.18 Å². The molecule has 1 aromatic carbocycles. The van der Waals surface area contributed by atoms with Gasteiger partial charge in [-0.05, 0) is 61.8 Å². The molecule has 0 unspecified atom stereocenters. The molecule has 1 saturated carbocycles. The molecule has 0 atom stereocenters. The maximum atomic E-state index is 13.5. The van der Waals surface area contributed by atoms with Crippen molar-refractivity contribution in [3.05, 3.63) is 35.1 Å². The van der Waals surface area contributed by atoms with Gasteiger partial charge in [0.15, 0.2) is 0 Å². The van der Waals surface area contributed by atoms with Gasteiger partial charge in [-0.15, -0.1) is 0 Å². The number of benzene rings is 1. The van der Waals surface area contributed by atoms with Crippen molar-refractivity contribution in [3.63, 3.8) is 0 Å². The Morgan fingerprint density at radius 3 is 2.58 bits per heavy atom. The normalized spacial score (nSPS) is 30.2. The third-order valence-corrected chi connectivity index (χ3v) is 4.44. The van der Waals surface area contributed by atoms with E-state index in [0.717, 1.165) is 43.4 Å². The predicted molar refractivity (Wildman–Crippen MR) is 71.6 cm³/mol. The van der Waals surface area contributed by atoms with E-state index in [4.69, 9.17) is 0 Å². The Bertz CT molecular complexity index is 487. The molecule has 0 bridgehead atoms. The Labute approximate surface area is 112 Å². The fourth-order valence-electron chi connectivity index (χ4n) is 3.38. The highest BCUT2D eigenvalue weighted by Crippen LogP contribution is 2.39. The Kier molecular flexibility index (Phi) is 2.96. The number of halogens is 1. The van der Waals surface area contributed by atoms with Gasteiger partial charge in [0.05, 0.1) is 5.54 Å². The van der Waals surface area contributed by atoms with Crippen LogP contribution in [0.25, 0.3) is 0 Å². The maximum Gasteiger partial charge on any atom is 0.315 e. The van der Waals surface area contributed by atoms with Crippen molar-refractivity contribution in [2.45, 2.75) is 44.1 Å².